The highest BCUT2D eigenvalue weighted by Crippen LogP contribution is 2.26. The monoisotopic (exact) mass is 256 g/mol. The smallest absolute Gasteiger partial charge is 0.150 e. The van der Waals surface area contributed by atoms with Crippen molar-refractivity contribution in [3.8, 4) is 5.75 Å². The second-order valence-corrected chi connectivity index (χ2v) is 4.32. The molecule has 1 aromatic carbocycles. The number of carbonyl (C=O) groups is 1. The molecule has 3 heteroatoms. The summed E-state index contributed by atoms with van der Waals surface area (Å²) in [7, 11) is 0. The number of hydrogen-bond donors (Lipinski definition) is 0. The van der Waals surface area contributed by atoms with Crippen LogP contribution in [-0.2, 0) is 0 Å². The van der Waals surface area contributed by atoms with Gasteiger partial charge in [-0.05, 0) is 32.9 Å². The van der Waals surface area contributed by atoms with E-state index >= 15 is 0 Å². The summed E-state index contributed by atoms with van der Waals surface area (Å²) < 4.78 is 6.44. The molecule has 0 saturated heterocycles. The Labute approximate surface area is 92.4 Å². The van der Waals surface area contributed by atoms with E-state index in [1.54, 1.807) is 6.07 Å². The first-order valence-electron chi connectivity index (χ1n) is 4.46. The third kappa shape index (κ3) is 2.58. The van der Waals surface area contributed by atoms with Gasteiger partial charge in [0.15, 0.2) is 0 Å². The van der Waals surface area contributed by atoms with E-state index in [4.69, 9.17) is 4.74 Å². The van der Waals surface area contributed by atoms with Crippen molar-refractivity contribution in [2.45, 2.75) is 26.9 Å². The van der Waals surface area contributed by atoms with Crippen LogP contribution < -0.4 is 4.74 Å². The minimum absolute atomic E-state index is 0.113. The predicted octanol–water partition coefficient (Wildman–Crippen LogP) is 3.36. The molecular formula is C11H13BrO2. The fraction of sp³-hybridized carbons (Fsp3) is 0.364. The summed E-state index contributed by atoms with van der Waals surface area (Å²) in [5.74, 6) is 0.761. The second kappa shape index (κ2) is 4.60. The average Bonchev–Trinajstić information content (AvgIpc) is 2.09. The van der Waals surface area contributed by atoms with Crippen LogP contribution in [0.4, 0.5) is 0 Å². The Morgan fingerprint density at radius 3 is 2.57 bits per heavy atom. The molecule has 0 aliphatic heterocycles. The highest BCUT2D eigenvalue weighted by Gasteiger charge is 2.07. The second-order valence-electron chi connectivity index (χ2n) is 3.40. The van der Waals surface area contributed by atoms with E-state index in [1.807, 2.05) is 26.8 Å². The third-order valence-corrected chi connectivity index (χ3v) is 2.31. The molecule has 0 radical (unpaired) electrons. The summed E-state index contributed by atoms with van der Waals surface area (Å²) in [6.45, 7) is 5.80. The standard InChI is InChI=1S/C11H13BrO2/c1-7(2)14-11-5-10(12)4-9(6-13)8(11)3/h4-7H,1-3H3. The van der Waals surface area contributed by atoms with E-state index in [9.17, 15) is 4.79 Å². The Kier molecular flexibility index (Phi) is 3.69. The Morgan fingerprint density at radius 1 is 1.43 bits per heavy atom. The molecule has 0 N–H and O–H groups in total. The molecule has 76 valence electrons. The molecule has 2 nitrogen and oxygen atoms in total. The third-order valence-electron chi connectivity index (χ3n) is 1.85. The van der Waals surface area contributed by atoms with Gasteiger partial charge in [-0.25, -0.2) is 0 Å². The maximum atomic E-state index is 10.7. The Morgan fingerprint density at radius 2 is 2.07 bits per heavy atom. The normalized spacial score (nSPS) is 10.4. The lowest BCUT2D eigenvalue weighted by Crippen LogP contribution is -2.07. The van der Waals surface area contributed by atoms with Crippen LogP contribution in [0.3, 0.4) is 0 Å². The maximum absolute atomic E-state index is 10.7. The summed E-state index contributed by atoms with van der Waals surface area (Å²) in [6, 6.07) is 3.66. The van der Waals surface area contributed by atoms with Gasteiger partial charge in [0.05, 0.1) is 6.10 Å². The Balaban J connectivity index is 3.15. The van der Waals surface area contributed by atoms with Crippen molar-refractivity contribution >= 4 is 22.2 Å². The van der Waals surface area contributed by atoms with Gasteiger partial charge in [0.25, 0.3) is 0 Å². The summed E-state index contributed by atoms with van der Waals surface area (Å²) in [4.78, 5) is 10.7. The fourth-order valence-corrected chi connectivity index (χ4v) is 1.63. The van der Waals surface area contributed by atoms with E-state index in [-0.39, 0.29) is 6.10 Å². The minimum atomic E-state index is 0.113. The largest absolute Gasteiger partial charge is 0.491 e. The number of halogens is 1. The fourth-order valence-electron chi connectivity index (χ4n) is 1.17. The van der Waals surface area contributed by atoms with Gasteiger partial charge in [-0.15, -0.1) is 0 Å². The predicted molar refractivity (Wildman–Crippen MR) is 60.0 cm³/mol. The first-order valence-corrected chi connectivity index (χ1v) is 5.26. The van der Waals surface area contributed by atoms with Crippen LogP contribution in [0.25, 0.3) is 0 Å². The number of aldehydes is 1. The van der Waals surface area contributed by atoms with Gasteiger partial charge in [0, 0.05) is 15.6 Å². The van der Waals surface area contributed by atoms with Crippen LogP contribution in [0, 0.1) is 6.92 Å². The van der Waals surface area contributed by atoms with Gasteiger partial charge in [0.1, 0.15) is 12.0 Å². The molecule has 0 amide bonds. The zero-order chi connectivity index (χ0) is 10.7. The van der Waals surface area contributed by atoms with E-state index in [0.717, 1.165) is 22.1 Å². The molecule has 0 unspecified atom stereocenters. The minimum Gasteiger partial charge on any atom is -0.491 e. The lowest BCUT2D eigenvalue weighted by atomic mass is 10.1. The molecule has 0 aliphatic rings. The maximum Gasteiger partial charge on any atom is 0.150 e. The van der Waals surface area contributed by atoms with E-state index in [2.05, 4.69) is 15.9 Å². The molecule has 1 aromatic rings. The van der Waals surface area contributed by atoms with Gasteiger partial charge >= 0.3 is 0 Å². The van der Waals surface area contributed by atoms with E-state index in [1.165, 1.54) is 0 Å². The molecule has 0 aromatic heterocycles. The molecule has 14 heavy (non-hydrogen) atoms. The highest BCUT2D eigenvalue weighted by atomic mass is 79.9. The molecule has 0 atom stereocenters. The van der Waals surface area contributed by atoms with Gasteiger partial charge in [-0.2, -0.15) is 0 Å². The van der Waals surface area contributed by atoms with Crippen LogP contribution in [0.2, 0.25) is 0 Å². The van der Waals surface area contributed by atoms with Crippen molar-refractivity contribution in [1.29, 1.82) is 0 Å². The first-order chi connectivity index (χ1) is 6.54. The number of hydrogen-bond acceptors (Lipinski definition) is 2. The van der Waals surface area contributed by atoms with Crippen molar-refractivity contribution in [1.82, 2.24) is 0 Å². The van der Waals surface area contributed by atoms with Crippen LogP contribution in [-0.4, -0.2) is 12.4 Å². The molecule has 0 aliphatic carbocycles. The highest BCUT2D eigenvalue weighted by molar-refractivity contribution is 9.10. The lowest BCUT2D eigenvalue weighted by molar-refractivity contribution is 0.112. The summed E-state index contributed by atoms with van der Waals surface area (Å²) in [5.41, 5.74) is 1.55. The Hall–Kier alpha value is -0.830. The van der Waals surface area contributed by atoms with Gasteiger partial charge in [-0.3, -0.25) is 4.79 Å². The van der Waals surface area contributed by atoms with Crippen LogP contribution in [0.5, 0.6) is 5.75 Å². The van der Waals surface area contributed by atoms with Crippen LogP contribution in [0.15, 0.2) is 16.6 Å². The molecule has 0 saturated carbocycles. The average molecular weight is 257 g/mol. The number of ether oxygens (including phenoxy) is 1. The zero-order valence-corrected chi connectivity index (χ0v) is 10.1. The molecule has 0 bridgehead atoms. The topological polar surface area (TPSA) is 26.3 Å². The molecular weight excluding hydrogens is 244 g/mol. The van der Waals surface area contributed by atoms with Crippen molar-refractivity contribution in [3.63, 3.8) is 0 Å². The molecule has 0 heterocycles. The van der Waals surface area contributed by atoms with Crippen LogP contribution in [0.1, 0.15) is 29.8 Å². The number of carbonyl (C=O) groups excluding carboxylic acids is 1. The van der Waals surface area contributed by atoms with Crippen molar-refractivity contribution in [2.75, 3.05) is 0 Å². The summed E-state index contributed by atoms with van der Waals surface area (Å²) >= 11 is 3.34. The number of rotatable bonds is 3. The quantitative estimate of drug-likeness (QED) is 0.776. The molecule has 0 fully saturated rings. The Bertz CT molecular complexity index is 345. The molecule has 0 spiro atoms. The first kappa shape index (κ1) is 11.2. The van der Waals surface area contributed by atoms with Gasteiger partial charge in [0.2, 0.25) is 0 Å². The molecule has 1 rings (SSSR count). The van der Waals surface area contributed by atoms with Crippen molar-refractivity contribution in [3.05, 3.63) is 27.7 Å². The number of benzene rings is 1. The van der Waals surface area contributed by atoms with Gasteiger partial charge in [-0.1, -0.05) is 15.9 Å². The zero-order valence-electron chi connectivity index (χ0n) is 8.50. The van der Waals surface area contributed by atoms with Crippen LogP contribution >= 0.6 is 15.9 Å². The van der Waals surface area contributed by atoms with E-state index < -0.39 is 0 Å². The van der Waals surface area contributed by atoms with Crippen molar-refractivity contribution < 1.29 is 9.53 Å². The van der Waals surface area contributed by atoms with E-state index in [0.29, 0.717) is 5.56 Å². The lowest BCUT2D eigenvalue weighted by Gasteiger charge is -2.13. The summed E-state index contributed by atoms with van der Waals surface area (Å²) in [5, 5.41) is 0. The summed E-state index contributed by atoms with van der Waals surface area (Å²) in [6.07, 6.45) is 0.954. The SMILES string of the molecule is Cc1c(C=O)cc(Br)cc1OC(C)C. The van der Waals surface area contributed by atoms with Gasteiger partial charge < -0.3 is 4.74 Å². The van der Waals surface area contributed by atoms with Crippen molar-refractivity contribution in [2.24, 2.45) is 0 Å².